The SMILES string of the molecule is CSc1ncccc1C(=O)OCc1cccc(Oc2ccccc2)c1. The highest BCUT2D eigenvalue weighted by Gasteiger charge is 2.13. The zero-order chi connectivity index (χ0) is 17.5. The highest BCUT2D eigenvalue weighted by Crippen LogP contribution is 2.23. The third-order valence-electron chi connectivity index (χ3n) is 3.43. The molecule has 0 amide bonds. The van der Waals surface area contributed by atoms with Crippen molar-refractivity contribution in [2.75, 3.05) is 6.26 Å². The number of carbonyl (C=O) groups excluding carboxylic acids is 1. The van der Waals surface area contributed by atoms with Gasteiger partial charge in [-0.05, 0) is 48.2 Å². The van der Waals surface area contributed by atoms with Crippen molar-refractivity contribution in [3.05, 3.63) is 84.1 Å². The summed E-state index contributed by atoms with van der Waals surface area (Å²) < 4.78 is 11.2. The van der Waals surface area contributed by atoms with Crippen LogP contribution in [-0.2, 0) is 11.3 Å². The minimum Gasteiger partial charge on any atom is -0.457 e. The topological polar surface area (TPSA) is 48.4 Å². The van der Waals surface area contributed by atoms with E-state index < -0.39 is 0 Å². The average molecular weight is 351 g/mol. The first-order chi connectivity index (χ1) is 12.3. The van der Waals surface area contributed by atoms with Crippen LogP contribution in [0.3, 0.4) is 0 Å². The van der Waals surface area contributed by atoms with Gasteiger partial charge >= 0.3 is 5.97 Å². The molecule has 0 aliphatic rings. The van der Waals surface area contributed by atoms with E-state index in [4.69, 9.17) is 9.47 Å². The molecule has 25 heavy (non-hydrogen) atoms. The second kappa shape index (κ2) is 8.35. The molecule has 3 aromatic rings. The second-order valence-electron chi connectivity index (χ2n) is 5.20. The van der Waals surface area contributed by atoms with Crippen LogP contribution in [0.2, 0.25) is 0 Å². The molecule has 0 aliphatic heterocycles. The number of pyridine rings is 1. The van der Waals surface area contributed by atoms with Crippen LogP contribution in [0.5, 0.6) is 11.5 Å². The molecule has 1 aromatic heterocycles. The molecular weight excluding hydrogens is 334 g/mol. The Morgan fingerprint density at radius 1 is 1.00 bits per heavy atom. The summed E-state index contributed by atoms with van der Waals surface area (Å²) in [5.74, 6) is 1.08. The Morgan fingerprint density at radius 2 is 1.80 bits per heavy atom. The quantitative estimate of drug-likeness (QED) is 0.464. The number of benzene rings is 2. The van der Waals surface area contributed by atoms with Crippen LogP contribution >= 0.6 is 11.8 Å². The Bertz CT molecular complexity index is 852. The lowest BCUT2D eigenvalue weighted by atomic mass is 10.2. The van der Waals surface area contributed by atoms with Gasteiger partial charge in [0.1, 0.15) is 23.1 Å². The van der Waals surface area contributed by atoms with Crippen molar-refractivity contribution >= 4 is 17.7 Å². The number of para-hydroxylation sites is 1. The molecule has 3 rings (SSSR count). The largest absolute Gasteiger partial charge is 0.457 e. The average Bonchev–Trinajstić information content (AvgIpc) is 2.67. The van der Waals surface area contributed by atoms with Crippen molar-refractivity contribution in [2.24, 2.45) is 0 Å². The summed E-state index contributed by atoms with van der Waals surface area (Å²) >= 11 is 1.42. The molecule has 0 unspecified atom stereocenters. The third kappa shape index (κ3) is 4.61. The van der Waals surface area contributed by atoms with Crippen LogP contribution in [0.4, 0.5) is 0 Å². The predicted molar refractivity (Wildman–Crippen MR) is 98.1 cm³/mol. The van der Waals surface area contributed by atoms with Crippen LogP contribution in [0.25, 0.3) is 0 Å². The lowest BCUT2D eigenvalue weighted by Gasteiger charge is -2.09. The fourth-order valence-electron chi connectivity index (χ4n) is 2.26. The van der Waals surface area contributed by atoms with Crippen LogP contribution in [0.15, 0.2) is 78.0 Å². The number of rotatable bonds is 6. The maximum Gasteiger partial charge on any atom is 0.341 e. The van der Waals surface area contributed by atoms with E-state index in [9.17, 15) is 4.79 Å². The molecule has 0 saturated heterocycles. The highest BCUT2D eigenvalue weighted by molar-refractivity contribution is 7.98. The summed E-state index contributed by atoms with van der Waals surface area (Å²) in [7, 11) is 0. The van der Waals surface area contributed by atoms with E-state index in [0.717, 1.165) is 11.3 Å². The van der Waals surface area contributed by atoms with E-state index in [1.165, 1.54) is 11.8 Å². The zero-order valence-electron chi connectivity index (χ0n) is 13.7. The van der Waals surface area contributed by atoms with Gasteiger partial charge < -0.3 is 9.47 Å². The molecule has 0 N–H and O–H groups in total. The molecule has 0 bridgehead atoms. The zero-order valence-corrected chi connectivity index (χ0v) is 14.5. The first-order valence-corrected chi connectivity index (χ1v) is 8.97. The fourth-order valence-corrected chi connectivity index (χ4v) is 2.80. The Balaban J connectivity index is 1.65. The Morgan fingerprint density at radius 3 is 2.60 bits per heavy atom. The van der Waals surface area contributed by atoms with Gasteiger partial charge in [0.2, 0.25) is 0 Å². The summed E-state index contributed by atoms with van der Waals surface area (Å²) in [6.07, 6.45) is 3.54. The molecule has 2 aromatic carbocycles. The van der Waals surface area contributed by atoms with Crippen molar-refractivity contribution in [1.82, 2.24) is 4.98 Å². The minimum atomic E-state index is -0.383. The molecule has 0 aliphatic carbocycles. The molecule has 0 radical (unpaired) electrons. The summed E-state index contributed by atoms with van der Waals surface area (Å²) in [4.78, 5) is 16.4. The summed E-state index contributed by atoms with van der Waals surface area (Å²) in [6.45, 7) is 0.174. The van der Waals surface area contributed by atoms with Gasteiger partial charge in [0, 0.05) is 6.20 Å². The van der Waals surface area contributed by atoms with E-state index in [-0.39, 0.29) is 12.6 Å². The standard InChI is InChI=1S/C20H17NO3S/c1-25-19-18(11-6-12-21-19)20(22)23-14-15-7-5-10-17(13-15)24-16-8-3-2-4-9-16/h2-13H,14H2,1H3. The van der Waals surface area contributed by atoms with Gasteiger partial charge in [0.15, 0.2) is 0 Å². The van der Waals surface area contributed by atoms with Crippen LogP contribution in [0.1, 0.15) is 15.9 Å². The van der Waals surface area contributed by atoms with Gasteiger partial charge in [-0.3, -0.25) is 0 Å². The van der Waals surface area contributed by atoms with Gasteiger partial charge in [-0.2, -0.15) is 0 Å². The molecule has 1 heterocycles. The number of thioether (sulfide) groups is 1. The van der Waals surface area contributed by atoms with Crippen LogP contribution < -0.4 is 4.74 Å². The molecule has 126 valence electrons. The summed E-state index contributed by atoms with van der Waals surface area (Å²) in [6, 6.07) is 20.5. The highest BCUT2D eigenvalue weighted by atomic mass is 32.2. The van der Waals surface area contributed by atoms with Crippen molar-refractivity contribution in [1.29, 1.82) is 0 Å². The molecule has 0 saturated carbocycles. The van der Waals surface area contributed by atoms with E-state index in [1.54, 1.807) is 18.3 Å². The molecule has 0 fully saturated rings. The van der Waals surface area contributed by atoms with Gasteiger partial charge in [-0.15, -0.1) is 11.8 Å². The van der Waals surface area contributed by atoms with Gasteiger partial charge in [-0.25, -0.2) is 9.78 Å². The van der Waals surface area contributed by atoms with Crippen molar-refractivity contribution in [3.63, 3.8) is 0 Å². The Kier molecular flexibility index (Phi) is 5.69. The first kappa shape index (κ1) is 17.0. The number of ether oxygens (including phenoxy) is 2. The number of aromatic nitrogens is 1. The predicted octanol–water partition coefficient (Wildman–Crippen LogP) is 4.95. The molecule has 5 heteroatoms. The monoisotopic (exact) mass is 351 g/mol. The van der Waals surface area contributed by atoms with E-state index in [0.29, 0.717) is 16.3 Å². The smallest absolute Gasteiger partial charge is 0.341 e. The molecule has 0 atom stereocenters. The lowest BCUT2D eigenvalue weighted by Crippen LogP contribution is -2.07. The normalized spacial score (nSPS) is 10.3. The fraction of sp³-hybridized carbons (Fsp3) is 0.100. The van der Waals surface area contributed by atoms with E-state index >= 15 is 0 Å². The summed E-state index contributed by atoms with van der Waals surface area (Å²) in [5, 5.41) is 0.661. The number of hydrogen-bond acceptors (Lipinski definition) is 5. The minimum absolute atomic E-state index is 0.174. The van der Waals surface area contributed by atoms with Gasteiger partial charge in [-0.1, -0.05) is 30.3 Å². The van der Waals surface area contributed by atoms with Gasteiger partial charge in [0.05, 0.1) is 5.56 Å². The number of nitrogens with zero attached hydrogens (tertiary/aromatic N) is 1. The Hall–Kier alpha value is -2.79. The van der Waals surface area contributed by atoms with Crippen LogP contribution in [-0.4, -0.2) is 17.2 Å². The second-order valence-corrected chi connectivity index (χ2v) is 5.99. The third-order valence-corrected chi connectivity index (χ3v) is 4.14. The Labute approximate surface area is 150 Å². The maximum atomic E-state index is 12.3. The van der Waals surface area contributed by atoms with E-state index in [2.05, 4.69) is 4.98 Å². The number of hydrogen-bond donors (Lipinski definition) is 0. The molecule has 0 spiro atoms. The van der Waals surface area contributed by atoms with Crippen molar-refractivity contribution in [3.8, 4) is 11.5 Å². The number of carbonyl (C=O) groups is 1. The van der Waals surface area contributed by atoms with Crippen molar-refractivity contribution in [2.45, 2.75) is 11.6 Å². The number of esters is 1. The van der Waals surface area contributed by atoms with Gasteiger partial charge in [0.25, 0.3) is 0 Å². The van der Waals surface area contributed by atoms with E-state index in [1.807, 2.05) is 60.9 Å². The summed E-state index contributed by atoms with van der Waals surface area (Å²) in [5.41, 5.74) is 1.34. The maximum absolute atomic E-state index is 12.3. The first-order valence-electron chi connectivity index (χ1n) is 7.74. The van der Waals surface area contributed by atoms with Crippen molar-refractivity contribution < 1.29 is 14.3 Å². The lowest BCUT2D eigenvalue weighted by molar-refractivity contribution is 0.0467. The molecular formula is C20H17NO3S. The van der Waals surface area contributed by atoms with Crippen LogP contribution in [0, 0.1) is 0 Å². The molecule has 4 nitrogen and oxygen atoms in total.